The van der Waals surface area contributed by atoms with Crippen molar-refractivity contribution in [2.75, 3.05) is 0 Å². The van der Waals surface area contributed by atoms with E-state index in [4.69, 9.17) is 0 Å². The van der Waals surface area contributed by atoms with Crippen LogP contribution in [0.2, 0.25) is 0 Å². The normalized spacial score (nSPS) is 10.1. The zero-order chi connectivity index (χ0) is 11.4. The molecule has 1 aromatic carbocycles. The lowest BCUT2D eigenvalue weighted by atomic mass is 10.1. The molecule has 0 radical (unpaired) electrons. The van der Waals surface area contributed by atoms with Crippen LogP contribution in [0.5, 0.6) is 0 Å². The minimum Gasteiger partial charge on any atom is -0.299 e. The fraction of sp³-hybridized carbons (Fsp3) is 0.182. The van der Waals surface area contributed by atoms with Crippen LogP contribution in [0, 0.1) is 11.6 Å². The molecule has 0 fully saturated rings. The summed E-state index contributed by atoms with van der Waals surface area (Å²) in [5.74, 6) is -1.68. The second-order valence-corrected chi connectivity index (χ2v) is 3.88. The Kier molecular flexibility index (Phi) is 4.15. The lowest BCUT2D eigenvalue weighted by Crippen LogP contribution is -2.06. The van der Waals surface area contributed by atoms with Crippen molar-refractivity contribution in [3.8, 4) is 0 Å². The molecule has 0 aromatic heterocycles. The molecular formula is C11H9BrF2O. The second kappa shape index (κ2) is 5.16. The van der Waals surface area contributed by atoms with Gasteiger partial charge in [0, 0.05) is 18.4 Å². The molecule has 1 aromatic rings. The van der Waals surface area contributed by atoms with Gasteiger partial charge >= 0.3 is 0 Å². The Morgan fingerprint density at radius 2 is 2.13 bits per heavy atom. The van der Waals surface area contributed by atoms with Gasteiger partial charge in [0.05, 0.1) is 4.47 Å². The first-order valence-corrected chi connectivity index (χ1v) is 5.10. The maximum Gasteiger partial charge on any atom is 0.143 e. The summed E-state index contributed by atoms with van der Waals surface area (Å²) in [7, 11) is 0. The van der Waals surface area contributed by atoms with Gasteiger partial charge in [-0.2, -0.15) is 0 Å². The number of ketones is 1. The van der Waals surface area contributed by atoms with Crippen molar-refractivity contribution < 1.29 is 13.6 Å². The smallest absolute Gasteiger partial charge is 0.143 e. The van der Waals surface area contributed by atoms with Crippen LogP contribution in [-0.4, -0.2) is 5.78 Å². The van der Waals surface area contributed by atoms with Crippen molar-refractivity contribution >= 4 is 21.7 Å². The summed E-state index contributed by atoms with van der Waals surface area (Å²) in [5, 5.41) is 0. The topological polar surface area (TPSA) is 17.1 Å². The lowest BCUT2D eigenvalue weighted by Gasteiger charge is -2.04. The number of Topliss-reactive ketones (excluding diaryl/α,β-unsaturated/α-hetero) is 1. The van der Waals surface area contributed by atoms with Crippen LogP contribution >= 0.6 is 15.9 Å². The average molecular weight is 275 g/mol. The van der Waals surface area contributed by atoms with E-state index < -0.39 is 11.6 Å². The van der Waals surface area contributed by atoms with Crippen LogP contribution in [0.4, 0.5) is 8.78 Å². The Balaban J connectivity index is 2.98. The van der Waals surface area contributed by atoms with Crippen LogP contribution in [-0.2, 0) is 11.2 Å². The number of hydrogen-bond acceptors (Lipinski definition) is 1. The highest BCUT2D eigenvalue weighted by Crippen LogP contribution is 2.22. The summed E-state index contributed by atoms with van der Waals surface area (Å²) in [5.41, 5.74) is -0.198. The largest absolute Gasteiger partial charge is 0.299 e. The zero-order valence-corrected chi connectivity index (χ0v) is 9.48. The van der Waals surface area contributed by atoms with Gasteiger partial charge in [-0.3, -0.25) is 4.79 Å². The van der Waals surface area contributed by atoms with Gasteiger partial charge in [0.1, 0.15) is 17.4 Å². The van der Waals surface area contributed by atoms with Crippen molar-refractivity contribution in [1.82, 2.24) is 0 Å². The van der Waals surface area contributed by atoms with Crippen molar-refractivity contribution in [3.63, 3.8) is 0 Å². The van der Waals surface area contributed by atoms with Gasteiger partial charge in [-0.15, -0.1) is 6.58 Å². The van der Waals surface area contributed by atoms with E-state index in [9.17, 15) is 13.6 Å². The van der Waals surface area contributed by atoms with Gasteiger partial charge in [0.2, 0.25) is 0 Å². The van der Waals surface area contributed by atoms with Crippen molar-refractivity contribution in [2.24, 2.45) is 0 Å². The Morgan fingerprint density at radius 1 is 1.47 bits per heavy atom. The minimum atomic E-state index is -0.715. The molecule has 0 aliphatic carbocycles. The van der Waals surface area contributed by atoms with Crippen LogP contribution in [0.25, 0.3) is 0 Å². The van der Waals surface area contributed by atoms with Gasteiger partial charge in [-0.25, -0.2) is 8.78 Å². The van der Waals surface area contributed by atoms with Crippen LogP contribution in [0.3, 0.4) is 0 Å². The molecule has 0 unspecified atom stereocenters. The number of allylic oxidation sites excluding steroid dienone is 1. The van der Waals surface area contributed by atoms with E-state index in [2.05, 4.69) is 22.5 Å². The summed E-state index contributed by atoms with van der Waals surface area (Å²) in [6.45, 7) is 3.39. The summed E-state index contributed by atoms with van der Waals surface area (Å²) in [4.78, 5) is 11.2. The molecule has 4 heteroatoms. The maximum absolute atomic E-state index is 13.4. The van der Waals surface area contributed by atoms with E-state index in [0.717, 1.165) is 6.07 Å². The van der Waals surface area contributed by atoms with Crippen LogP contribution < -0.4 is 0 Å². The highest BCUT2D eigenvalue weighted by molar-refractivity contribution is 9.10. The van der Waals surface area contributed by atoms with E-state index in [1.54, 1.807) is 0 Å². The predicted molar refractivity (Wildman–Crippen MR) is 57.6 cm³/mol. The SMILES string of the molecule is C=CCC(=O)Cc1c(F)ccc(Br)c1F. The standard InChI is InChI=1S/C11H9BrF2O/c1-2-3-7(15)6-8-10(13)5-4-9(12)11(8)14/h2,4-5H,1,3,6H2. The van der Waals surface area contributed by atoms with Gasteiger partial charge in [0.15, 0.2) is 0 Å². The fourth-order valence-electron chi connectivity index (χ4n) is 1.16. The Hall–Kier alpha value is -1.03. The Morgan fingerprint density at radius 3 is 2.73 bits per heavy atom. The first kappa shape index (κ1) is 12.0. The molecule has 0 amide bonds. The van der Waals surface area contributed by atoms with Gasteiger partial charge in [-0.1, -0.05) is 6.08 Å². The number of carbonyl (C=O) groups is 1. The first-order chi connectivity index (χ1) is 7.06. The summed E-state index contributed by atoms with van der Waals surface area (Å²) in [6, 6.07) is 2.40. The third-order valence-corrected chi connectivity index (χ3v) is 2.50. The highest BCUT2D eigenvalue weighted by Gasteiger charge is 2.14. The third kappa shape index (κ3) is 2.96. The quantitative estimate of drug-likeness (QED) is 0.608. The van der Waals surface area contributed by atoms with Crippen LogP contribution in [0.15, 0.2) is 29.3 Å². The van der Waals surface area contributed by atoms with Crippen LogP contribution in [0.1, 0.15) is 12.0 Å². The molecule has 80 valence electrons. The average Bonchev–Trinajstić information content (AvgIpc) is 2.19. The molecule has 0 spiro atoms. The molecule has 0 saturated carbocycles. The van der Waals surface area contributed by atoms with Crippen molar-refractivity contribution in [2.45, 2.75) is 12.8 Å². The first-order valence-electron chi connectivity index (χ1n) is 4.31. The number of halogens is 3. The second-order valence-electron chi connectivity index (χ2n) is 3.03. The number of rotatable bonds is 4. The van der Waals surface area contributed by atoms with Gasteiger partial charge < -0.3 is 0 Å². The van der Waals surface area contributed by atoms with E-state index in [-0.39, 0.29) is 28.7 Å². The number of hydrogen-bond donors (Lipinski definition) is 0. The monoisotopic (exact) mass is 274 g/mol. The van der Waals surface area contributed by atoms with Gasteiger partial charge in [-0.05, 0) is 28.1 Å². The number of benzene rings is 1. The summed E-state index contributed by atoms with van der Waals surface area (Å²) < 4.78 is 26.7. The number of carbonyl (C=O) groups excluding carboxylic acids is 1. The predicted octanol–water partition coefficient (Wildman–Crippen LogP) is 3.42. The molecule has 1 nitrogen and oxygen atoms in total. The molecule has 1 rings (SSSR count). The summed E-state index contributed by atoms with van der Waals surface area (Å²) >= 11 is 2.94. The highest BCUT2D eigenvalue weighted by atomic mass is 79.9. The van der Waals surface area contributed by atoms with E-state index in [0.29, 0.717) is 0 Å². The molecule has 0 N–H and O–H groups in total. The molecule has 0 aliphatic heterocycles. The van der Waals surface area contributed by atoms with Crippen molar-refractivity contribution in [1.29, 1.82) is 0 Å². The maximum atomic E-state index is 13.4. The molecule has 0 saturated heterocycles. The Labute approximate surface area is 94.9 Å². The molecule has 0 bridgehead atoms. The minimum absolute atomic E-state index is 0.116. The zero-order valence-electron chi connectivity index (χ0n) is 7.90. The lowest BCUT2D eigenvalue weighted by molar-refractivity contribution is -0.117. The van der Waals surface area contributed by atoms with Crippen molar-refractivity contribution in [3.05, 3.63) is 46.5 Å². The third-order valence-electron chi connectivity index (χ3n) is 1.88. The molecule has 15 heavy (non-hydrogen) atoms. The van der Waals surface area contributed by atoms with E-state index >= 15 is 0 Å². The van der Waals surface area contributed by atoms with Gasteiger partial charge in [0.25, 0.3) is 0 Å². The Bertz CT molecular complexity index is 402. The molecule has 0 heterocycles. The fourth-order valence-corrected chi connectivity index (χ4v) is 1.53. The van der Waals surface area contributed by atoms with E-state index in [1.165, 1.54) is 12.1 Å². The molecule has 0 atom stereocenters. The summed E-state index contributed by atoms with van der Waals surface area (Å²) in [6.07, 6.45) is 1.28. The van der Waals surface area contributed by atoms with E-state index in [1.807, 2.05) is 0 Å². The molecular weight excluding hydrogens is 266 g/mol. The molecule has 0 aliphatic rings.